The molecule has 3 nitrogen and oxygen atoms in total. The lowest BCUT2D eigenvalue weighted by atomic mass is 10.2. The summed E-state index contributed by atoms with van der Waals surface area (Å²) >= 11 is 9.00. The number of amides is 1. The number of anilines is 1. The van der Waals surface area contributed by atoms with E-state index >= 15 is 0 Å². The van der Waals surface area contributed by atoms with Crippen molar-refractivity contribution in [3.05, 3.63) is 39.3 Å². The largest absolute Gasteiger partial charge is 0.298 e. The van der Waals surface area contributed by atoms with Gasteiger partial charge < -0.3 is 0 Å². The Bertz CT molecular complexity index is 568. The van der Waals surface area contributed by atoms with Crippen LogP contribution in [0.4, 0.5) is 5.13 Å². The average molecular weight is 329 g/mol. The van der Waals surface area contributed by atoms with E-state index in [1.54, 1.807) is 12.1 Å². The highest BCUT2D eigenvalue weighted by Gasteiger charge is 2.11. The molecular weight excluding hydrogens is 320 g/mol. The molecule has 0 saturated heterocycles. The first-order valence-electron chi connectivity index (χ1n) is 4.78. The van der Waals surface area contributed by atoms with Crippen molar-refractivity contribution >= 4 is 50.9 Å². The van der Waals surface area contributed by atoms with E-state index in [1.165, 1.54) is 11.3 Å². The van der Waals surface area contributed by atoms with Crippen LogP contribution in [0.25, 0.3) is 0 Å². The zero-order chi connectivity index (χ0) is 12.4. The molecule has 1 heterocycles. The molecule has 2 aromatic rings. The molecule has 0 aliphatic carbocycles. The predicted octanol–water partition coefficient (Wildman–Crippen LogP) is 3.76. The van der Waals surface area contributed by atoms with Crippen LogP contribution < -0.4 is 5.32 Å². The molecule has 1 amide bonds. The summed E-state index contributed by atoms with van der Waals surface area (Å²) in [7, 11) is 0. The molecule has 17 heavy (non-hydrogen) atoms. The van der Waals surface area contributed by atoms with Gasteiger partial charge in [-0.05, 0) is 25.1 Å². The second-order valence-electron chi connectivity index (χ2n) is 3.41. The minimum Gasteiger partial charge on any atom is -0.298 e. The van der Waals surface area contributed by atoms with Gasteiger partial charge in [0.05, 0.1) is 11.3 Å². The molecule has 0 bridgehead atoms. The van der Waals surface area contributed by atoms with Gasteiger partial charge in [-0.15, -0.1) is 24.0 Å². The number of carbonyl (C=O) groups is 1. The molecule has 1 aromatic carbocycles. The van der Waals surface area contributed by atoms with Gasteiger partial charge in [-0.3, -0.25) is 10.1 Å². The van der Waals surface area contributed by atoms with Crippen LogP contribution in [-0.2, 0) is 0 Å². The van der Waals surface area contributed by atoms with Crippen LogP contribution in [0.5, 0.6) is 0 Å². The summed E-state index contributed by atoms with van der Waals surface area (Å²) in [4.78, 5) is 16.8. The number of nitrogens with zero attached hydrogens (tertiary/aromatic N) is 1. The minimum absolute atomic E-state index is 0.197. The van der Waals surface area contributed by atoms with Gasteiger partial charge >= 0.3 is 0 Å². The molecule has 0 saturated carbocycles. The molecule has 0 fully saturated rings. The molecule has 2 rings (SSSR count). The van der Waals surface area contributed by atoms with Crippen LogP contribution in [0.15, 0.2) is 32.9 Å². The lowest BCUT2D eigenvalue weighted by Gasteiger charge is -2.04. The van der Waals surface area contributed by atoms with Crippen molar-refractivity contribution in [3.8, 4) is 0 Å². The Morgan fingerprint density at radius 2 is 2.29 bits per heavy atom. The van der Waals surface area contributed by atoms with Gasteiger partial charge in [0, 0.05) is 14.7 Å². The van der Waals surface area contributed by atoms with Gasteiger partial charge in [-0.1, -0.05) is 15.9 Å². The molecule has 0 spiro atoms. The van der Waals surface area contributed by atoms with E-state index in [2.05, 4.69) is 38.9 Å². The number of rotatable bonds is 2. The molecular formula is C11H9BrN2OS2. The van der Waals surface area contributed by atoms with Crippen LogP contribution in [0.2, 0.25) is 0 Å². The number of benzene rings is 1. The monoisotopic (exact) mass is 328 g/mol. The smallest absolute Gasteiger partial charge is 0.258 e. The fourth-order valence-corrected chi connectivity index (χ4v) is 2.81. The highest BCUT2D eigenvalue weighted by Crippen LogP contribution is 2.22. The summed E-state index contributed by atoms with van der Waals surface area (Å²) in [6.07, 6.45) is 0. The molecule has 0 radical (unpaired) electrons. The highest BCUT2D eigenvalue weighted by molar-refractivity contribution is 9.10. The first-order chi connectivity index (χ1) is 8.06. The van der Waals surface area contributed by atoms with Crippen molar-refractivity contribution in [3.63, 3.8) is 0 Å². The Balaban J connectivity index is 2.20. The van der Waals surface area contributed by atoms with E-state index in [1.807, 2.05) is 18.4 Å². The second-order valence-corrected chi connectivity index (χ2v) is 5.67. The topological polar surface area (TPSA) is 42.0 Å². The fraction of sp³-hybridized carbons (Fsp3) is 0.0909. The van der Waals surface area contributed by atoms with Crippen molar-refractivity contribution in [2.75, 3.05) is 5.32 Å². The zero-order valence-corrected chi connectivity index (χ0v) is 12.2. The average Bonchev–Trinajstić information content (AvgIpc) is 2.63. The number of aromatic nitrogens is 1. The maximum absolute atomic E-state index is 11.9. The van der Waals surface area contributed by atoms with Crippen molar-refractivity contribution in [2.45, 2.75) is 11.8 Å². The number of thiazole rings is 1. The van der Waals surface area contributed by atoms with Crippen molar-refractivity contribution in [2.24, 2.45) is 0 Å². The number of halogens is 1. The van der Waals surface area contributed by atoms with Gasteiger partial charge in [-0.2, -0.15) is 0 Å². The highest BCUT2D eigenvalue weighted by atomic mass is 79.9. The van der Waals surface area contributed by atoms with E-state index in [4.69, 9.17) is 0 Å². The van der Waals surface area contributed by atoms with Crippen LogP contribution in [-0.4, -0.2) is 10.9 Å². The second kappa shape index (κ2) is 5.20. The Kier molecular flexibility index (Phi) is 3.86. The van der Waals surface area contributed by atoms with E-state index in [0.717, 1.165) is 10.2 Å². The molecule has 6 heteroatoms. The Morgan fingerprint density at radius 1 is 1.53 bits per heavy atom. The van der Waals surface area contributed by atoms with Gasteiger partial charge in [0.15, 0.2) is 5.13 Å². The van der Waals surface area contributed by atoms with Crippen LogP contribution in [0, 0.1) is 6.92 Å². The number of nitrogens with one attached hydrogen (secondary N) is 1. The Hall–Kier alpha value is -0.850. The number of aryl methyl sites for hydroxylation is 1. The maximum Gasteiger partial charge on any atom is 0.258 e. The minimum atomic E-state index is -0.197. The fourth-order valence-electron chi connectivity index (χ4n) is 1.27. The Labute approximate surface area is 117 Å². The summed E-state index contributed by atoms with van der Waals surface area (Å²) in [5.74, 6) is -0.197. The lowest BCUT2D eigenvalue weighted by Crippen LogP contribution is -2.12. The van der Waals surface area contributed by atoms with E-state index in [9.17, 15) is 4.79 Å². The van der Waals surface area contributed by atoms with Gasteiger partial charge in [0.2, 0.25) is 0 Å². The standard InChI is InChI=1S/C11H9BrN2OS2/c1-6-5-17-11(13-6)14-10(15)8-3-2-7(12)4-9(8)16/h2-5,16H,1H3,(H,13,14,15). The third-order valence-corrected chi connectivity index (χ3v) is 3.78. The normalized spacial score (nSPS) is 10.3. The van der Waals surface area contributed by atoms with Gasteiger partial charge in [-0.25, -0.2) is 4.98 Å². The van der Waals surface area contributed by atoms with Crippen molar-refractivity contribution < 1.29 is 4.79 Å². The summed E-state index contributed by atoms with van der Waals surface area (Å²) in [6, 6.07) is 5.31. The molecule has 0 unspecified atom stereocenters. The first-order valence-corrected chi connectivity index (χ1v) is 6.90. The molecule has 1 N–H and O–H groups in total. The van der Waals surface area contributed by atoms with Gasteiger partial charge in [0.25, 0.3) is 5.91 Å². The van der Waals surface area contributed by atoms with E-state index in [-0.39, 0.29) is 5.91 Å². The lowest BCUT2D eigenvalue weighted by molar-refractivity contribution is 0.102. The van der Waals surface area contributed by atoms with Crippen molar-refractivity contribution in [1.82, 2.24) is 4.98 Å². The molecule has 88 valence electrons. The molecule has 0 aliphatic rings. The van der Waals surface area contributed by atoms with E-state index in [0.29, 0.717) is 15.6 Å². The molecule has 0 atom stereocenters. The molecule has 1 aromatic heterocycles. The van der Waals surface area contributed by atoms with E-state index < -0.39 is 0 Å². The number of hydrogen-bond donors (Lipinski definition) is 2. The van der Waals surface area contributed by atoms with Crippen LogP contribution in [0.1, 0.15) is 16.1 Å². The SMILES string of the molecule is Cc1csc(NC(=O)c2ccc(Br)cc2S)n1. The number of carbonyl (C=O) groups excluding carboxylic acids is 1. The maximum atomic E-state index is 11.9. The first kappa shape index (κ1) is 12.6. The summed E-state index contributed by atoms with van der Waals surface area (Å²) in [6.45, 7) is 1.88. The summed E-state index contributed by atoms with van der Waals surface area (Å²) < 4.78 is 0.893. The summed E-state index contributed by atoms with van der Waals surface area (Å²) in [5, 5.41) is 5.23. The van der Waals surface area contributed by atoms with Crippen LogP contribution >= 0.6 is 39.9 Å². The third kappa shape index (κ3) is 3.08. The quantitative estimate of drug-likeness (QED) is 0.824. The van der Waals surface area contributed by atoms with Gasteiger partial charge in [0.1, 0.15) is 0 Å². The van der Waals surface area contributed by atoms with Crippen molar-refractivity contribution in [1.29, 1.82) is 0 Å². The predicted molar refractivity (Wildman–Crippen MR) is 76.2 cm³/mol. The van der Waals surface area contributed by atoms with Crippen LogP contribution in [0.3, 0.4) is 0 Å². The zero-order valence-electron chi connectivity index (χ0n) is 8.90. The summed E-state index contributed by atoms with van der Waals surface area (Å²) in [5.41, 5.74) is 1.43. The number of hydrogen-bond acceptors (Lipinski definition) is 4. The third-order valence-electron chi connectivity index (χ3n) is 2.04. The number of thiol groups is 1. The molecule has 0 aliphatic heterocycles. The Morgan fingerprint density at radius 3 is 2.88 bits per heavy atom.